The van der Waals surface area contributed by atoms with Gasteiger partial charge in [0.05, 0.1) is 23.8 Å². The average Bonchev–Trinajstić information content (AvgIpc) is 2.31. The van der Waals surface area contributed by atoms with Crippen molar-refractivity contribution in [1.82, 2.24) is 0 Å². The summed E-state index contributed by atoms with van der Waals surface area (Å²) < 4.78 is 10.9. The molecule has 0 aliphatic carbocycles. The van der Waals surface area contributed by atoms with Crippen LogP contribution < -0.4 is 4.74 Å². The fraction of sp³-hybridized carbons (Fsp3) is 0.538. The lowest BCUT2D eigenvalue weighted by Gasteiger charge is -2.23. The summed E-state index contributed by atoms with van der Waals surface area (Å²) in [5.74, 6) is 0.559. The highest BCUT2D eigenvalue weighted by atomic mass is 35.5. The Bertz CT molecular complexity index is 364. The molecule has 0 fully saturated rings. The molecule has 0 saturated carbocycles. The lowest BCUT2D eigenvalue weighted by molar-refractivity contribution is 0.00531. The van der Waals surface area contributed by atoms with Crippen molar-refractivity contribution in [3.05, 3.63) is 28.8 Å². The van der Waals surface area contributed by atoms with Crippen LogP contribution in [-0.2, 0) is 11.3 Å². The van der Waals surface area contributed by atoms with E-state index in [9.17, 15) is 5.11 Å². The Morgan fingerprint density at radius 2 is 2.06 bits per heavy atom. The molecule has 0 saturated heterocycles. The molecule has 1 aromatic rings. The normalized spacial score (nSPS) is 11.6. The first kappa shape index (κ1) is 14.3. The van der Waals surface area contributed by atoms with Crippen LogP contribution in [0.15, 0.2) is 18.2 Å². The highest BCUT2D eigenvalue weighted by Gasteiger charge is 2.17. The van der Waals surface area contributed by atoms with Crippen LogP contribution in [0.5, 0.6) is 5.75 Å². The number of hydrogen-bond donors (Lipinski definition) is 1. The second-order valence-electron chi connectivity index (χ2n) is 4.45. The Hall–Kier alpha value is -0.770. The first-order valence-electron chi connectivity index (χ1n) is 5.56. The monoisotopic (exact) mass is 258 g/mol. The molecule has 0 aromatic heterocycles. The number of hydrogen-bond acceptors (Lipinski definition) is 3. The summed E-state index contributed by atoms with van der Waals surface area (Å²) in [5.41, 5.74) is 0.480. The zero-order chi connectivity index (χ0) is 12.9. The van der Waals surface area contributed by atoms with Gasteiger partial charge in [-0.3, -0.25) is 0 Å². The van der Waals surface area contributed by atoms with Crippen molar-refractivity contribution in [2.45, 2.75) is 32.5 Å². The Balaban J connectivity index is 2.63. The van der Waals surface area contributed by atoms with Gasteiger partial charge in [-0.25, -0.2) is 0 Å². The molecule has 0 aliphatic rings. The molecule has 3 nitrogen and oxygen atoms in total. The average molecular weight is 259 g/mol. The number of ether oxygens (including phenoxy) is 2. The lowest BCUT2D eigenvalue weighted by atomic mass is 10.1. The molecule has 0 unspecified atom stereocenters. The maximum atomic E-state index is 9.18. The Morgan fingerprint density at radius 1 is 1.35 bits per heavy atom. The minimum Gasteiger partial charge on any atom is -0.492 e. The number of benzene rings is 1. The second-order valence-corrected chi connectivity index (χ2v) is 4.86. The van der Waals surface area contributed by atoms with Crippen molar-refractivity contribution >= 4 is 11.6 Å². The van der Waals surface area contributed by atoms with Gasteiger partial charge < -0.3 is 14.6 Å². The first-order valence-corrected chi connectivity index (χ1v) is 5.94. The van der Waals surface area contributed by atoms with Gasteiger partial charge in [0.15, 0.2) is 0 Å². The molecule has 0 amide bonds. The van der Waals surface area contributed by atoms with E-state index < -0.39 is 0 Å². The summed E-state index contributed by atoms with van der Waals surface area (Å²) in [5, 5.41) is 9.71. The Labute approximate surface area is 107 Å². The topological polar surface area (TPSA) is 38.7 Å². The molecular weight excluding hydrogens is 240 g/mol. The predicted molar refractivity (Wildman–Crippen MR) is 68.6 cm³/mol. The summed E-state index contributed by atoms with van der Waals surface area (Å²) in [7, 11) is 1.68. The van der Waals surface area contributed by atoms with E-state index in [1.165, 1.54) is 0 Å². The zero-order valence-electron chi connectivity index (χ0n) is 10.5. The van der Waals surface area contributed by atoms with E-state index in [1.54, 1.807) is 25.3 Å². The Kier molecular flexibility index (Phi) is 5.25. The van der Waals surface area contributed by atoms with Crippen LogP contribution in [0.2, 0.25) is 5.02 Å². The molecule has 0 aliphatic heterocycles. The molecule has 4 heteroatoms. The molecule has 0 bridgehead atoms. The number of rotatable bonds is 6. The van der Waals surface area contributed by atoms with Crippen LogP contribution in [-0.4, -0.2) is 24.4 Å². The van der Waals surface area contributed by atoms with Gasteiger partial charge in [-0.15, -0.1) is 0 Å². The van der Waals surface area contributed by atoms with Crippen LogP contribution in [0, 0.1) is 0 Å². The fourth-order valence-corrected chi connectivity index (χ4v) is 1.59. The number of para-hydroxylation sites is 1. The maximum absolute atomic E-state index is 9.18. The molecular formula is C13H19ClO3. The van der Waals surface area contributed by atoms with Gasteiger partial charge in [0, 0.05) is 19.1 Å². The summed E-state index contributed by atoms with van der Waals surface area (Å²) in [4.78, 5) is 0. The summed E-state index contributed by atoms with van der Waals surface area (Å²) in [6.45, 7) is 4.41. The molecule has 17 heavy (non-hydrogen) atoms. The van der Waals surface area contributed by atoms with Crippen LogP contribution in [0.3, 0.4) is 0 Å². The highest BCUT2D eigenvalue weighted by molar-refractivity contribution is 6.32. The van der Waals surface area contributed by atoms with Gasteiger partial charge >= 0.3 is 0 Å². The predicted octanol–water partition coefficient (Wildman–Crippen LogP) is 3.03. The van der Waals surface area contributed by atoms with Gasteiger partial charge in [0.1, 0.15) is 5.75 Å². The van der Waals surface area contributed by atoms with Crippen molar-refractivity contribution in [1.29, 1.82) is 0 Å². The quantitative estimate of drug-likeness (QED) is 0.852. The number of methoxy groups -OCH3 is 1. The van der Waals surface area contributed by atoms with Crippen LogP contribution >= 0.6 is 11.6 Å². The minimum absolute atomic E-state index is 0.0798. The van der Waals surface area contributed by atoms with Crippen molar-refractivity contribution in [2.75, 3.05) is 13.7 Å². The van der Waals surface area contributed by atoms with E-state index in [4.69, 9.17) is 21.1 Å². The zero-order valence-corrected chi connectivity index (χ0v) is 11.3. The van der Waals surface area contributed by atoms with Gasteiger partial charge in [-0.05, 0) is 19.9 Å². The third-order valence-corrected chi connectivity index (χ3v) is 3.02. The lowest BCUT2D eigenvalue weighted by Crippen LogP contribution is -2.25. The van der Waals surface area contributed by atoms with E-state index in [2.05, 4.69) is 0 Å². The number of aliphatic hydroxyl groups excluding tert-OH is 1. The summed E-state index contributed by atoms with van der Waals surface area (Å²) >= 11 is 6.02. The van der Waals surface area contributed by atoms with E-state index in [-0.39, 0.29) is 12.2 Å². The molecule has 1 rings (SSSR count). The van der Waals surface area contributed by atoms with Crippen molar-refractivity contribution in [3.63, 3.8) is 0 Å². The number of aliphatic hydroxyl groups is 1. The van der Waals surface area contributed by atoms with E-state index in [0.29, 0.717) is 22.9 Å². The molecule has 1 aromatic carbocycles. The third kappa shape index (κ3) is 4.19. The van der Waals surface area contributed by atoms with Gasteiger partial charge in [-0.2, -0.15) is 0 Å². The van der Waals surface area contributed by atoms with Crippen LogP contribution in [0.25, 0.3) is 0 Å². The fourth-order valence-electron chi connectivity index (χ4n) is 1.34. The summed E-state index contributed by atoms with van der Waals surface area (Å²) in [6, 6.07) is 5.33. The molecule has 0 atom stereocenters. The van der Waals surface area contributed by atoms with Gasteiger partial charge in [-0.1, -0.05) is 23.7 Å². The SMILES string of the molecule is COC(C)(C)CCOc1c(Cl)cccc1CO. The van der Waals surface area contributed by atoms with E-state index in [1.807, 2.05) is 13.8 Å². The largest absolute Gasteiger partial charge is 0.492 e. The van der Waals surface area contributed by atoms with E-state index >= 15 is 0 Å². The molecule has 1 N–H and O–H groups in total. The van der Waals surface area contributed by atoms with E-state index in [0.717, 1.165) is 6.42 Å². The Morgan fingerprint density at radius 3 is 2.65 bits per heavy atom. The molecule has 0 heterocycles. The van der Waals surface area contributed by atoms with Crippen molar-refractivity contribution < 1.29 is 14.6 Å². The molecule has 96 valence electrons. The molecule has 0 radical (unpaired) electrons. The van der Waals surface area contributed by atoms with Crippen molar-refractivity contribution in [3.8, 4) is 5.75 Å². The van der Waals surface area contributed by atoms with Crippen LogP contribution in [0.1, 0.15) is 25.8 Å². The summed E-state index contributed by atoms with van der Waals surface area (Å²) in [6.07, 6.45) is 0.750. The maximum Gasteiger partial charge on any atom is 0.143 e. The van der Waals surface area contributed by atoms with Crippen molar-refractivity contribution in [2.24, 2.45) is 0 Å². The smallest absolute Gasteiger partial charge is 0.143 e. The third-order valence-electron chi connectivity index (χ3n) is 2.72. The van der Waals surface area contributed by atoms with Gasteiger partial charge in [0.25, 0.3) is 0 Å². The van der Waals surface area contributed by atoms with Crippen LogP contribution in [0.4, 0.5) is 0 Å². The minimum atomic E-state index is -0.222. The highest BCUT2D eigenvalue weighted by Crippen LogP contribution is 2.29. The molecule has 0 spiro atoms. The van der Waals surface area contributed by atoms with Gasteiger partial charge in [0.2, 0.25) is 0 Å². The number of halogens is 1. The standard InChI is InChI=1S/C13H19ClO3/c1-13(2,16-3)7-8-17-12-10(9-15)5-4-6-11(12)14/h4-6,15H,7-9H2,1-3H3. The first-order chi connectivity index (χ1) is 8.00. The second kappa shape index (κ2) is 6.24.